The summed E-state index contributed by atoms with van der Waals surface area (Å²) in [5, 5.41) is 10.5. The average molecular weight is 319 g/mol. The molecule has 1 heterocycles. The van der Waals surface area contributed by atoms with Crippen molar-refractivity contribution in [3.05, 3.63) is 70.5 Å². The Labute approximate surface area is 121 Å². The molecule has 0 unspecified atom stereocenters. The highest BCUT2D eigenvalue weighted by Gasteiger charge is 2.05. The summed E-state index contributed by atoms with van der Waals surface area (Å²) < 4.78 is 1.04. The quantitative estimate of drug-likeness (QED) is 0.875. The third kappa shape index (κ3) is 3.99. The number of nitrogens with zero attached hydrogens (tertiary/aromatic N) is 2. The number of benzene rings is 1. The standard InChI is InChI=1S/C15H15BrN2O/c1-18(19)10-8-15(13-3-2-9-17-11-13)12-4-6-14(16)7-5-12/h2-9,11,19H,10H2,1H3/b15-8-. The average Bonchev–Trinajstić information content (AvgIpc) is 2.42. The number of pyridine rings is 1. The maximum Gasteiger partial charge on any atom is 0.0424 e. The highest BCUT2D eigenvalue weighted by Crippen LogP contribution is 2.24. The number of aromatic nitrogens is 1. The molecule has 0 radical (unpaired) electrons. The van der Waals surface area contributed by atoms with Gasteiger partial charge in [0.2, 0.25) is 0 Å². The van der Waals surface area contributed by atoms with Crippen LogP contribution in [0, 0.1) is 0 Å². The van der Waals surface area contributed by atoms with E-state index in [-0.39, 0.29) is 0 Å². The van der Waals surface area contributed by atoms with Gasteiger partial charge in [-0.05, 0) is 29.3 Å². The van der Waals surface area contributed by atoms with Gasteiger partial charge in [0.05, 0.1) is 0 Å². The smallest absolute Gasteiger partial charge is 0.0424 e. The third-order valence-electron chi connectivity index (χ3n) is 2.69. The third-order valence-corrected chi connectivity index (χ3v) is 3.22. The molecule has 98 valence electrons. The molecule has 0 aliphatic carbocycles. The Morgan fingerprint density at radius 2 is 2.00 bits per heavy atom. The molecule has 0 atom stereocenters. The Hall–Kier alpha value is -1.49. The summed E-state index contributed by atoms with van der Waals surface area (Å²) in [5.74, 6) is 0. The van der Waals surface area contributed by atoms with Crippen LogP contribution in [-0.2, 0) is 0 Å². The molecule has 0 aliphatic heterocycles. The number of hydroxylamine groups is 2. The maximum absolute atomic E-state index is 9.30. The van der Waals surface area contributed by atoms with Gasteiger partial charge in [-0.25, -0.2) is 0 Å². The van der Waals surface area contributed by atoms with Crippen LogP contribution in [0.4, 0.5) is 0 Å². The summed E-state index contributed by atoms with van der Waals surface area (Å²) in [4.78, 5) is 4.15. The van der Waals surface area contributed by atoms with E-state index in [2.05, 4.69) is 20.9 Å². The Balaban J connectivity index is 2.40. The zero-order chi connectivity index (χ0) is 13.7. The van der Waals surface area contributed by atoms with Crippen LogP contribution in [-0.4, -0.2) is 28.8 Å². The summed E-state index contributed by atoms with van der Waals surface area (Å²) in [7, 11) is 1.62. The van der Waals surface area contributed by atoms with Crippen LogP contribution < -0.4 is 0 Å². The molecule has 3 nitrogen and oxygen atoms in total. The van der Waals surface area contributed by atoms with Crippen LogP contribution in [0.1, 0.15) is 11.1 Å². The van der Waals surface area contributed by atoms with Gasteiger partial charge < -0.3 is 5.21 Å². The van der Waals surface area contributed by atoms with Crippen LogP contribution in [0.15, 0.2) is 59.3 Å². The lowest BCUT2D eigenvalue weighted by molar-refractivity contribution is -0.0533. The van der Waals surface area contributed by atoms with E-state index in [1.54, 1.807) is 13.2 Å². The van der Waals surface area contributed by atoms with E-state index < -0.39 is 0 Å². The minimum Gasteiger partial charge on any atom is -0.314 e. The second-order valence-electron chi connectivity index (χ2n) is 4.21. The lowest BCUT2D eigenvalue weighted by Gasteiger charge is -2.10. The Morgan fingerprint density at radius 1 is 1.26 bits per heavy atom. The van der Waals surface area contributed by atoms with E-state index >= 15 is 0 Å². The summed E-state index contributed by atoms with van der Waals surface area (Å²) in [6.45, 7) is 0.459. The van der Waals surface area contributed by atoms with E-state index in [4.69, 9.17) is 0 Å². The van der Waals surface area contributed by atoms with Crippen molar-refractivity contribution in [2.24, 2.45) is 0 Å². The molecule has 2 aromatic rings. The fourth-order valence-corrected chi connectivity index (χ4v) is 2.04. The number of halogens is 1. The molecule has 19 heavy (non-hydrogen) atoms. The molecule has 1 aromatic carbocycles. The minimum atomic E-state index is 0.459. The molecule has 1 N–H and O–H groups in total. The molecule has 4 heteroatoms. The van der Waals surface area contributed by atoms with Gasteiger partial charge in [0.1, 0.15) is 0 Å². The number of hydrogen-bond acceptors (Lipinski definition) is 3. The van der Waals surface area contributed by atoms with Gasteiger partial charge in [-0.2, -0.15) is 5.06 Å². The second-order valence-corrected chi connectivity index (χ2v) is 5.12. The summed E-state index contributed by atoms with van der Waals surface area (Å²) in [5.41, 5.74) is 3.19. The fraction of sp³-hybridized carbons (Fsp3) is 0.133. The molecule has 0 spiro atoms. The minimum absolute atomic E-state index is 0.459. The molecule has 1 aromatic heterocycles. The maximum atomic E-state index is 9.30. The van der Waals surface area contributed by atoms with Gasteiger partial charge in [-0.3, -0.25) is 4.98 Å². The summed E-state index contributed by atoms with van der Waals surface area (Å²) in [6.07, 6.45) is 5.56. The van der Waals surface area contributed by atoms with Crippen molar-refractivity contribution in [1.29, 1.82) is 0 Å². The van der Waals surface area contributed by atoms with Crippen molar-refractivity contribution in [3.8, 4) is 0 Å². The van der Waals surface area contributed by atoms with Crippen molar-refractivity contribution in [2.45, 2.75) is 0 Å². The van der Waals surface area contributed by atoms with Gasteiger partial charge in [-0.1, -0.05) is 40.2 Å². The van der Waals surface area contributed by atoms with Crippen LogP contribution in [0.3, 0.4) is 0 Å². The molecular weight excluding hydrogens is 304 g/mol. The van der Waals surface area contributed by atoms with Crippen LogP contribution >= 0.6 is 15.9 Å². The first-order chi connectivity index (χ1) is 9.16. The fourth-order valence-electron chi connectivity index (χ4n) is 1.78. The second kappa shape index (κ2) is 6.61. The van der Waals surface area contributed by atoms with Gasteiger partial charge in [-0.15, -0.1) is 0 Å². The van der Waals surface area contributed by atoms with Crippen LogP contribution in [0.5, 0.6) is 0 Å². The van der Waals surface area contributed by atoms with Crippen LogP contribution in [0.2, 0.25) is 0 Å². The molecule has 0 fully saturated rings. The first kappa shape index (κ1) is 13.9. The zero-order valence-corrected chi connectivity index (χ0v) is 12.2. The largest absolute Gasteiger partial charge is 0.314 e. The van der Waals surface area contributed by atoms with E-state index in [0.717, 1.165) is 26.2 Å². The lowest BCUT2D eigenvalue weighted by atomic mass is 9.99. The van der Waals surface area contributed by atoms with Gasteiger partial charge in [0, 0.05) is 36.0 Å². The molecule has 0 amide bonds. The van der Waals surface area contributed by atoms with E-state index in [0.29, 0.717) is 6.54 Å². The number of likely N-dealkylation sites (N-methyl/N-ethyl adjacent to an activating group) is 1. The summed E-state index contributed by atoms with van der Waals surface area (Å²) in [6, 6.07) is 12.0. The summed E-state index contributed by atoms with van der Waals surface area (Å²) >= 11 is 3.43. The van der Waals surface area contributed by atoms with Crippen molar-refractivity contribution >= 4 is 21.5 Å². The Bertz CT molecular complexity index is 550. The monoisotopic (exact) mass is 318 g/mol. The van der Waals surface area contributed by atoms with Crippen molar-refractivity contribution < 1.29 is 5.21 Å². The van der Waals surface area contributed by atoms with E-state index in [1.807, 2.05) is 48.7 Å². The first-order valence-electron chi connectivity index (χ1n) is 5.93. The molecular formula is C15H15BrN2O. The molecule has 0 aliphatic rings. The highest BCUT2D eigenvalue weighted by atomic mass is 79.9. The SMILES string of the molecule is CN(O)C/C=C(/c1ccc(Br)cc1)c1cccnc1. The van der Waals surface area contributed by atoms with Gasteiger partial charge >= 0.3 is 0 Å². The van der Waals surface area contributed by atoms with Crippen molar-refractivity contribution in [1.82, 2.24) is 10.0 Å². The van der Waals surface area contributed by atoms with Crippen molar-refractivity contribution in [3.63, 3.8) is 0 Å². The van der Waals surface area contributed by atoms with E-state index in [1.165, 1.54) is 0 Å². The first-order valence-corrected chi connectivity index (χ1v) is 6.72. The van der Waals surface area contributed by atoms with Crippen LogP contribution in [0.25, 0.3) is 5.57 Å². The molecule has 0 saturated carbocycles. The molecule has 2 rings (SSSR count). The predicted octanol–water partition coefficient (Wildman–Crippen LogP) is 3.60. The number of rotatable bonds is 4. The van der Waals surface area contributed by atoms with Crippen molar-refractivity contribution in [2.75, 3.05) is 13.6 Å². The predicted molar refractivity (Wildman–Crippen MR) is 79.9 cm³/mol. The number of hydrogen-bond donors (Lipinski definition) is 1. The lowest BCUT2D eigenvalue weighted by Crippen LogP contribution is -2.12. The zero-order valence-electron chi connectivity index (χ0n) is 10.6. The molecule has 0 saturated heterocycles. The van der Waals surface area contributed by atoms with Gasteiger partial charge in [0.25, 0.3) is 0 Å². The normalized spacial score (nSPS) is 11.9. The Morgan fingerprint density at radius 3 is 2.58 bits per heavy atom. The molecule has 0 bridgehead atoms. The topological polar surface area (TPSA) is 36.4 Å². The highest BCUT2D eigenvalue weighted by molar-refractivity contribution is 9.10. The Kier molecular flexibility index (Phi) is 4.85. The van der Waals surface area contributed by atoms with Gasteiger partial charge in [0.15, 0.2) is 0 Å². The van der Waals surface area contributed by atoms with E-state index in [9.17, 15) is 5.21 Å².